The monoisotopic (exact) mass is 346 g/mol. The van der Waals surface area contributed by atoms with Crippen LogP contribution in [-0.4, -0.2) is 29.8 Å². The predicted molar refractivity (Wildman–Crippen MR) is 94.7 cm³/mol. The lowest BCUT2D eigenvalue weighted by Crippen LogP contribution is -2.38. The molecule has 1 saturated heterocycles. The van der Waals surface area contributed by atoms with Crippen molar-refractivity contribution in [3.8, 4) is 22.8 Å². The van der Waals surface area contributed by atoms with Crippen LogP contribution in [0.2, 0.25) is 0 Å². The molecule has 5 nitrogen and oxygen atoms in total. The largest absolute Gasteiger partial charge is 0.454 e. The smallest absolute Gasteiger partial charge is 0.305 e. The van der Waals surface area contributed by atoms with E-state index in [1.54, 1.807) is 0 Å². The summed E-state index contributed by atoms with van der Waals surface area (Å²) in [6.07, 6.45) is 1.29. The molecule has 0 amide bonds. The fourth-order valence-corrected chi connectivity index (χ4v) is 4.78. The fourth-order valence-electron chi connectivity index (χ4n) is 3.88. The third kappa shape index (κ3) is 3.08. The molecule has 2 unspecified atom stereocenters. The Morgan fingerprint density at radius 3 is 2.75 bits per heavy atom. The summed E-state index contributed by atoms with van der Waals surface area (Å²) in [7, 11) is 0. The van der Waals surface area contributed by atoms with E-state index < -0.39 is 0 Å². The van der Waals surface area contributed by atoms with E-state index in [0.29, 0.717) is 11.8 Å². The summed E-state index contributed by atoms with van der Waals surface area (Å²) in [6, 6.07) is 5.84. The van der Waals surface area contributed by atoms with Crippen molar-refractivity contribution >= 4 is 11.3 Å². The second-order valence-electron chi connectivity index (χ2n) is 7.02. The average Bonchev–Trinajstić information content (AvgIpc) is 3.11. The topological polar surface area (TPSA) is 54.6 Å². The standard InChI is InChI=1S/C18H22N2O3S/c1-11-5-12(2)8-20(7-11)9-16-17(19-18(21)24-16)13-3-4-14-15(6-13)23-10-22-14/h3-4,6,11-12H,5,7-10H2,1-2H3,(H,19,21). The minimum Gasteiger partial charge on any atom is -0.454 e. The first-order valence-corrected chi connectivity index (χ1v) is 9.24. The number of H-pyrrole nitrogens is 1. The number of fused-ring (bicyclic) bond motifs is 1. The van der Waals surface area contributed by atoms with Crippen molar-refractivity contribution in [2.24, 2.45) is 11.8 Å². The van der Waals surface area contributed by atoms with Crippen LogP contribution >= 0.6 is 11.3 Å². The highest BCUT2D eigenvalue weighted by Crippen LogP contribution is 2.37. The van der Waals surface area contributed by atoms with E-state index in [0.717, 1.165) is 47.3 Å². The van der Waals surface area contributed by atoms with Crippen LogP contribution < -0.4 is 14.3 Å². The maximum absolute atomic E-state index is 12.0. The number of aromatic amines is 1. The van der Waals surface area contributed by atoms with Gasteiger partial charge in [0.2, 0.25) is 6.79 Å². The summed E-state index contributed by atoms with van der Waals surface area (Å²) in [5, 5.41) is 0. The summed E-state index contributed by atoms with van der Waals surface area (Å²) in [4.78, 5) is 18.5. The highest BCUT2D eigenvalue weighted by Gasteiger charge is 2.24. The van der Waals surface area contributed by atoms with Crippen molar-refractivity contribution in [3.05, 3.63) is 32.7 Å². The van der Waals surface area contributed by atoms with Crippen LogP contribution in [0.4, 0.5) is 0 Å². The Morgan fingerprint density at radius 1 is 1.21 bits per heavy atom. The number of benzene rings is 1. The average molecular weight is 346 g/mol. The molecule has 0 radical (unpaired) electrons. The van der Waals surface area contributed by atoms with Gasteiger partial charge in [0.1, 0.15) is 0 Å². The number of thiazole rings is 1. The molecule has 1 aromatic carbocycles. The van der Waals surface area contributed by atoms with Crippen molar-refractivity contribution in [2.45, 2.75) is 26.8 Å². The number of hydrogen-bond acceptors (Lipinski definition) is 5. The summed E-state index contributed by atoms with van der Waals surface area (Å²) in [6.45, 7) is 7.88. The van der Waals surface area contributed by atoms with Gasteiger partial charge in [-0.1, -0.05) is 25.2 Å². The van der Waals surface area contributed by atoms with E-state index in [2.05, 4.69) is 23.7 Å². The lowest BCUT2D eigenvalue weighted by Gasteiger charge is -2.34. The van der Waals surface area contributed by atoms with Crippen LogP contribution in [0, 0.1) is 11.8 Å². The van der Waals surface area contributed by atoms with Gasteiger partial charge in [-0.05, 0) is 36.5 Å². The zero-order valence-electron chi connectivity index (χ0n) is 14.0. The van der Waals surface area contributed by atoms with Crippen LogP contribution in [0.3, 0.4) is 0 Å². The zero-order chi connectivity index (χ0) is 16.7. The molecule has 2 aliphatic rings. The summed E-state index contributed by atoms with van der Waals surface area (Å²) >= 11 is 1.31. The van der Waals surface area contributed by atoms with Gasteiger partial charge < -0.3 is 14.5 Å². The van der Waals surface area contributed by atoms with E-state index >= 15 is 0 Å². The van der Waals surface area contributed by atoms with E-state index in [9.17, 15) is 4.79 Å². The molecular formula is C18H22N2O3S. The van der Waals surface area contributed by atoms with Crippen molar-refractivity contribution in [2.75, 3.05) is 19.9 Å². The van der Waals surface area contributed by atoms with Crippen LogP contribution in [0.25, 0.3) is 11.3 Å². The number of hydrogen-bond donors (Lipinski definition) is 1. The number of aromatic nitrogens is 1. The molecule has 2 atom stereocenters. The molecule has 1 fully saturated rings. The number of ether oxygens (including phenoxy) is 2. The Kier molecular flexibility index (Phi) is 4.10. The van der Waals surface area contributed by atoms with E-state index in [1.165, 1.54) is 17.8 Å². The van der Waals surface area contributed by atoms with E-state index in [1.807, 2.05) is 18.2 Å². The molecule has 128 valence electrons. The lowest BCUT2D eigenvalue weighted by atomic mass is 9.92. The number of rotatable bonds is 3. The van der Waals surface area contributed by atoms with Crippen LogP contribution in [0.15, 0.2) is 23.0 Å². The first-order valence-electron chi connectivity index (χ1n) is 8.43. The van der Waals surface area contributed by atoms with Gasteiger partial charge in [-0.25, -0.2) is 0 Å². The molecule has 0 aliphatic carbocycles. The van der Waals surface area contributed by atoms with E-state index in [-0.39, 0.29) is 11.7 Å². The molecule has 3 heterocycles. The Labute approximate surface area is 145 Å². The summed E-state index contributed by atoms with van der Waals surface area (Å²) in [5.74, 6) is 2.92. The van der Waals surface area contributed by atoms with Gasteiger partial charge in [0.15, 0.2) is 11.5 Å². The van der Waals surface area contributed by atoms with Gasteiger partial charge in [-0.2, -0.15) is 0 Å². The second kappa shape index (κ2) is 6.26. The predicted octanol–water partition coefficient (Wildman–Crippen LogP) is 3.31. The molecular weight excluding hydrogens is 324 g/mol. The van der Waals surface area contributed by atoms with E-state index in [4.69, 9.17) is 9.47 Å². The molecule has 4 rings (SSSR count). The van der Waals surface area contributed by atoms with Gasteiger partial charge in [-0.15, -0.1) is 0 Å². The number of likely N-dealkylation sites (tertiary alicyclic amines) is 1. The molecule has 1 aromatic heterocycles. The molecule has 0 saturated carbocycles. The SMILES string of the molecule is CC1CC(C)CN(Cc2sc(=O)[nH]c2-c2ccc3c(c2)OCO3)C1. The van der Waals surface area contributed by atoms with Crippen LogP contribution in [0.5, 0.6) is 11.5 Å². The van der Waals surface area contributed by atoms with Crippen molar-refractivity contribution < 1.29 is 9.47 Å². The molecule has 6 heteroatoms. The zero-order valence-corrected chi connectivity index (χ0v) is 14.8. The lowest BCUT2D eigenvalue weighted by molar-refractivity contribution is 0.135. The third-order valence-corrected chi connectivity index (χ3v) is 5.56. The van der Waals surface area contributed by atoms with Crippen molar-refractivity contribution in [1.29, 1.82) is 0 Å². The molecule has 2 aliphatic heterocycles. The first-order chi connectivity index (χ1) is 11.6. The molecule has 24 heavy (non-hydrogen) atoms. The Hall–Kier alpha value is -1.79. The van der Waals surface area contributed by atoms with Gasteiger partial charge in [0, 0.05) is 30.1 Å². The number of nitrogens with one attached hydrogen (secondary N) is 1. The highest BCUT2D eigenvalue weighted by atomic mass is 32.1. The molecule has 2 aromatic rings. The Bertz CT molecular complexity index is 788. The minimum absolute atomic E-state index is 0.00391. The fraction of sp³-hybridized carbons (Fsp3) is 0.500. The maximum Gasteiger partial charge on any atom is 0.305 e. The van der Waals surface area contributed by atoms with Crippen LogP contribution in [0.1, 0.15) is 25.1 Å². The molecule has 1 N–H and O–H groups in total. The van der Waals surface area contributed by atoms with Crippen molar-refractivity contribution in [1.82, 2.24) is 9.88 Å². The molecule has 0 bridgehead atoms. The quantitative estimate of drug-likeness (QED) is 0.926. The summed E-state index contributed by atoms with van der Waals surface area (Å²) < 4.78 is 10.8. The van der Waals surface area contributed by atoms with Crippen molar-refractivity contribution in [3.63, 3.8) is 0 Å². The van der Waals surface area contributed by atoms with Gasteiger partial charge >= 0.3 is 4.87 Å². The highest BCUT2D eigenvalue weighted by molar-refractivity contribution is 7.09. The second-order valence-corrected chi connectivity index (χ2v) is 8.09. The van der Waals surface area contributed by atoms with Gasteiger partial charge in [0.05, 0.1) is 5.69 Å². The first kappa shape index (κ1) is 15.7. The van der Waals surface area contributed by atoms with Crippen LogP contribution in [-0.2, 0) is 6.54 Å². The summed E-state index contributed by atoms with van der Waals surface area (Å²) in [5.41, 5.74) is 1.89. The third-order valence-electron chi connectivity index (χ3n) is 4.69. The Balaban J connectivity index is 1.62. The molecule has 0 spiro atoms. The number of nitrogens with zero attached hydrogens (tertiary/aromatic N) is 1. The maximum atomic E-state index is 12.0. The number of piperidine rings is 1. The van der Waals surface area contributed by atoms with Gasteiger partial charge in [0.25, 0.3) is 0 Å². The normalized spacial score (nSPS) is 23.6. The Morgan fingerprint density at radius 2 is 1.96 bits per heavy atom. The van der Waals surface area contributed by atoms with Gasteiger partial charge in [-0.3, -0.25) is 9.69 Å². The minimum atomic E-state index is -0.00391.